The lowest BCUT2D eigenvalue weighted by atomic mass is 10.2. The van der Waals surface area contributed by atoms with Crippen LogP contribution >= 0.6 is 0 Å². The van der Waals surface area contributed by atoms with Crippen molar-refractivity contribution in [1.29, 1.82) is 0 Å². The first-order valence-corrected chi connectivity index (χ1v) is 2.79. The van der Waals surface area contributed by atoms with Crippen LogP contribution in [0.15, 0.2) is 0 Å². The summed E-state index contributed by atoms with van der Waals surface area (Å²) in [5.41, 5.74) is 0. The third-order valence-electron chi connectivity index (χ3n) is 0.805. The largest absolute Gasteiger partial charge is 0.388 e. The van der Waals surface area contributed by atoms with Crippen LogP contribution in [-0.4, -0.2) is 27.4 Å². The van der Waals surface area contributed by atoms with Gasteiger partial charge in [-0.15, -0.1) is 0 Å². The van der Waals surface area contributed by atoms with Gasteiger partial charge in [0.15, 0.2) is 0 Å². The average molecular weight is 118 g/mol. The number of ether oxygens (including phenoxy) is 2. The topological polar surface area (TPSA) is 18.5 Å². The van der Waals surface area contributed by atoms with Crippen molar-refractivity contribution in [2.75, 3.05) is 27.4 Å². The Morgan fingerprint density at radius 1 is 1.38 bits per heavy atom. The summed E-state index contributed by atoms with van der Waals surface area (Å²) < 4.78 is 9.08. The van der Waals surface area contributed by atoms with Crippen molar-refractivity contribution in [3.63, 3.8) is 0 Å². The molecule has 1 aliphatic heterocycles. The number of rotatable bonds is 0. The maximum Gasteiger partial charge on any atom is 0.0513 e. The van der Waals surface area contributed by atoms with E-state index in [0.717, 1.165) is 19.1 Å². The smallest absolute Gasteiger partial charge is 0.0513 e. The molecule has 2 nitrogen and oxygen atoms in total. The van der Waals surface area contributed by atoms with Gasteiger partial charge in [0.1, 0.15) is 0 Å². The Morgan fingerprint density at radius 3 is 1.62 bits per heavy atom. The van der Waals surface area contributed by atoms with Crippen molar-refractivity contribution in [2.24, 2.45) is 5.92 Å². The summed E-state index contributed by atoms with van der Waals surface area (Å²) in [4.78, 5) is 0. The van der Waals surface area contributed by atoms with Crippen LogP contribution in [0, 0.1) is 5.92 Å². The molecule has 0 N–H and O–H groups in total. The van der Waals surface area contributed by atoms with Crippen molar-refractivity contribution in [2.45, 2.75) is 6.92 Å². The molecular weight excluding hydrogens is 104 g/mol. The molecule has 0 amide bonds. The quantitative estimate of drug-likeness (QED) is 0.471. The fourth-order valence-electron chi connectivity index (χ4n) is 0.354. The van der Waals surface area contributed by atoms with Gasteiger partial charge in [0.05, 0.1) is 13.2 Å². The molecule has 0 aromatic heterocycles. The summed E-state index contributed by atoms with van der Waals surface area (Å²) in [6.45, 7) is 4.16. The van der Waals surface area contributed by atoms with Crippen molar-refractivity contribution in [3.8, 4) is 0 Å². The first-order chi connectivity index (χ1) is 3.81. The average Bonchev–Trinajstić information content (AvgIpc) is 1.64. The van der Waals surface area contributed by atoms with Crippen LogP contribution in [0.3, 0.4) is 0 Å². The summed E-state index contributed by atoms with van der Waals surface area (Å²) in [6.07, 6.45) is 0. The highest BCUT2D eigenvalue weighted by Gasteiger charge is 2.09. The van der Waals surface area contributed by atoms with E-state index in [-0.39, 0.29) is 0 Å². The van der Waals surface area contributed by atoms with Crippen LogP contribution in [0.25, 0.3) is 0 Å². The fourth-order valence-corrected chi connectivity index (χ4v) is 0.354. The molecule has 0 aromatic carbocycles. The minimum Gasteiger partial charge on any atom is -0.388 e. The van der Waals surface area contributed by atoms with Crippen LogP contribution < -0.4 is 0 Å². The Hall–Kier alpha value is -0.0800. The van der Waals surface area contributed by atoms with E-state index in [4.69, 9.17) is 4.74 Å². The van der Waals surface area contributed by atoms with Gasteiger partial charge in [-0.25, -0.2) is 0 Å². The van der Waals surface area contributed by atoms with Crippen LogP contribution in [0.5, 0.6) is 0 Å². The van der Waals surface area contributed by atoms with E-state index in [0.29, 0.717) is 0 Å². The molecule has 0 bridgehead atoms. The maximum absolute atomic E-state index is 4.83. The molecule has 2 heteroatoms. The molecule has 0 atom stereocenters. The lowest BCUT2D eigenvalue weighted by Crippen LogP contribution is -2.23. The minimum atomic E-state index is 0.843. The van der Waals surface area contributed by atoms with E-state index < -0.39 is 0 Å². The zero-order valence-corrected chi connectivity index (χ0v) is 5.81. The number of hydrogen-bond donors (Lipinski definition) is 0. The lowest BCUT2D eigenvalue weighted by Gasteiger charge is -2.20. The third kappa shape index (κ3) is 4.09. The summed E-state index contributed by atoms with van der Waals surface area (Å²) in [6, 6.07) is 0. The molecule has 0 aliphatic carbocycles. The minimum absolute atomic E-state index is 0.843. The molecular formula is C6H14O2. The van der Waals surface area contributed by atoms with Crippen LogP contribution in [0.4, 0.5) is 0 Å². The molecule has 0 spiro atoms. The lowest BCUT2D eigenvalue weighted by molar-refractivity contribution is -0.0221. The second kappa shape index (κ2) is 5.06. The van der Waals surface area contributed by atoms with E-state index in [9.17, 15) is 0 Å². The van der Waals surface area contributed by atoms with Crippen LogP contribution in [-0.2, 0) is 9.47 Å². The van der Waals surface area contributed by atoms with Gasteiger partial charge in [-0.3, -0.25) is 0 Å². The van der Waals surface area contributed by atoms with Crippen molar-refractivity contribution in [3.05, 3.63) is 0 Å². The predicted molar refractivity (Wildman–Crippen MR) is 32.9 cm³/mol. The van der Waals surface area contributed by atoms with Crippen molar-refractivity contribution >= 4 is 0 Å². The van der Waals surface area contributed by atoms with Crippen LogP contribution in [0.1, 0.15) is 6.92 Å². The van der Waals surface area contributed by atoms with Gasteiger partial charge in [0.25, 0.3) is 0 Å². The standard InChI is InChI=1S/C4H8O.C2H6O/c1-4-2-5-3-4;1-3-2/h4H,2-3H2,1H3;1-2H3. The van der Waals surface area contributed by atoms with Crippen molar-refractivity contribution < 1.29 is 9.47 Å². The van der Waals surface area contributed by atoms with Gasteiger partial charge >= 0.3 is 0 Å². The molecule has 1 aliphatic rings. The van der Waals surface area contributed by atoms with Gasteiger partial charge in [-0.1, -0.05) is 6.92 Å². The fraction of sp³-hybridized carbons (Fsp3) is 1.00. The molecule has 1 saturated heterocycles. The summed E-state index contributed by atoms with van der Waals surface area (Å²) in [5.74, 6) is 0.843. The van der Waals surface area contributed by atoms with E-state index in [2.05, 4.69) is 11.7 Å². The van der Waals surface area contributed by atoms with Gasteiger partial charge in [-0.2, -0.15) is 0 Å². The van der Waals surface area contributed by atoms with Gasteiger partial charge < -0.3 is 9.47 Å². The number of methoxy groups -OCH3 is 1. The first kappa shape index (κ1) is 7.92. The van der Waals surface area contributed by atoms with Gasteiger partial charge in [0, 0.05) is 20.1 Å². The molecule has 0 unspecified atom stereocenters. The van der Waals surface area contributed by atoms with E-state index in [1.807, 2.05) is 0 Å². The first-order valence-electron chi connectivity index (χ1n) is 2.79. The Balaban J connectivity index is 0.000000145. The van der Waals surface area contributed by atoms with Gasteiger partial charge in [-0.05, 0) is 0 Å². The van der Waals surface area contributed by atoms with Crippen LogP contribution in [0.2, 0.25) is 0 Å². The molecule has 0 radical (unpaired) electrons. The molecule has 0 saturated carbocycles. The Bertz CT molecular complexity index is 41.8. The third-order valence-corrected chi connectivity index (χ3v) is 0.805. The highest BCUT2D eigenvalue weighted by Crippen LogP contribution is 2.05. The highest BCUT2D eigenvalue weighted by molar-refractivity contribution is 4.56. The van der Waals surface area contributed by atoms with Gasteiger partial charge in [0.2, 0.25) is 0 Å². The Labute approximate surface area is 50.8 Å². The summed E-state index contributed by atoms with van der Waals surface area (Å²) in [7, 11) is 3.25. The number of hydrogen-bond acceptors (Lipinski definition) is 2. The monoisotopic (exact) mass is 118 g/mol. The Morgan fingerprint density at radius 2 is 1.62 bits per heavy atom. The predicted octanol–water partition coefficient (Wildman–Crippen LogP) is 0.915. The molecule has 1 rings (SSSR count). The molecule has 0 aromatic rings. The highest BCUT2D eigenvalue weighted by atomic mass is 16.5. The van der Waals surface area contributed by atoms with Crippen molar-refractivity contribution in [1.82, 2.24) is 0 Å². The molecule has 50 valence electrons. The summed E-state index contributed by atoms with van der Waals surface area (Å²) in [5, 5.41) is 0. The molecule has 1 heterocycles. The van der Waals surface area contributed by atoms with E-state index in [1.165, 1.54) is 0 Å². The summed E-state index contributed by atoms with van der Waals surface area (Å²) >= 11 is 0. The Kier molecular flexibility index (Phi) is 5.01. The molecule has 1 fully saturated rings. The maximum atomic E-state index is 4.83. The second-order valence-corrected chi connectivity index (χ2v) is 2.05. The van der Waals surface area contributed by atoms with E-state index in [1.54, 1.807) is 14.2 Å². The van der Waals surface area contributed by atoms with E-state index >= 15 is 0 Å². The molecule has 8 heavy (non-hydrogen) atoms. The SMILES string of the molecule is CC1COC1.COC. The normalized spacial score (nSPS) is 18.4. The second-order valence-electron chi connectivity index (χ2n) is 2.05. The zero-order chi connectivity index (χ0) is 6.41. The zero-order valence-electron chi connectivity index (χ0n) is 5.81.